The van der Waals surface area contributed by atoms with Gasteiger partial charge in [0.15, 0.2) is 0 Å². The van der Waals surface area contributed by atoms with E-state index in [1.54, 1.807) is 12.1 Å². The molecule has 0 fully saturated rings. The molecule has 2 aromatic rings. The summed E-state index contributed by atoms with van der Waals surface area (Å²) in [4.78, 5) is 14.6. The largest absolute Gasteiger partial charge is 0.477 e. The number of carbonyl (C=O) groups is 1. The lowest BCUT2D eigenvalue weighted by Crippen LogP contribution is -2.00. The topological polar surface area (TPSA) is 50.2 Å². The standard InChI is InChI=1S/C12H5Cl4NO2/c13-7-3-1-5(9(14)10(7)15)6-2-4-8(12(18)19)17-11(6)16/h1-4H,(H,18,19). The summed E-state index contributed by atoms with van der Waals surface area (Å²) in [5.74, 6) is -1.16. The number of aromatic carboxylic acids is 1. The molecule has 2 rings (SSSR count). The third-order valence-electron chi connectivity index (χ3n) is 2.39. The van der Waals surface area contributed by atoms with Gasteiger partial charge in [-0.2, -0.15) is 0 Å². The Morgan fingerprint density at radius 2 is 1.58 bits per heavy atom. The second-order valence-electron chi connectivity index (χ2n) is 3.56. The van der Waals surface area contributed by atoms with E-state index in [0.29, 0.717) is 16.1 Å². The SMILES string of the molecule is O=C(O)c1ccc(-c2ccc(Cl)c(Cl)c2Cl)c(Cl)n1. The van der Waals surface area contributed by atoms with Gasteiger partial charge >= 0.3 is 5.97 Å². The number of rotatable bonds is 2. The minimum absolute atomic E-state index is 0.0280. The Kier molecular flexibility index (Phi) is 4.21. The van der Waals surface area contributed by atoms with Crippen LogP contribution in [-0.2, 0) is 0 Å². The van der Waals surface area contributed by atoms with Crippen LogP contribution in [0, 0.1) is 0 Å². The van der Waals surface area contributed by atoms with E-state index in [-0.39, 0.29) is 20.9 Å². The summed E-state index contributed by atoms with van der Waals surface area (Å²) in [6, 6.07) is 6.07. The quantitative estimate of drug-likeness (QED) is 0.616. The number of halogens is 4. The zero-order chi connectivity index (χ0) is 14.2. The molecule has 1 aromatic heterocycles. The van der Waals surface area contributed by atoms with Crippen molar-refractivity contribution in [2.24, 2.45) is 0 Å². The molecule has 0 saturated heterocycles. The van der Waals surface area contributed by atoms with E-state index in [2.05, 4.69) is 4.98 Å². The van der Waals surface area contributed by atoms with Crippen LogP contribution >= 0.6 is 46.4 Å². The number of hydrogen-bond donors (Lipinski definition) is 1. The van der Waals surface area contributed by atoms with Crippen LogP contribution in [0.4, 0.5) is 0 Å². The minimum Gasteiger partial charge on any atom is -0.477 e. The predicted octanol–water partition coefficient (Wildman–Crippen LogP) is 5.06. The number of benzene rings is 1. The lowest BCUT2D eigenvalue weighted by molar-refractivity contribution is 0.0690. The van der Waals surface area contributed by atoms with Gasteiger partial charge < -0.3 is 5.11 Å². The van der Waals surface area contributed by atoms with Crippen molar-refractivity contribution in [1.82, 2.24) is 4.98 Å². The van der Waals surface area contributed by atoms with Gasteiger partial charge in [-0.05, 0) is 18.2 Å². The number of hydrogen-bond acceptors (Lipinski definition) is 2. The zero-order valence-corrected chi connectivity index (χ0v) is 12.1. The molecule has 7 heteroatoms. The fourth-order valence-corrected chi connectivity index (χ4v) is 2.38. The molecule has 0 bridgehead atoms. The van der Waals surface area contributed by atoms with Crippen molar-refractivity contribution in [3.8, 4) is 11.1 Å². The first-order chi connectivity index (χ1) is 8.91. The van der Waals surface area contributed by atoms with Gasteiger partial charge in [-0.3, -0.25) is 0 Å². The summed E-state index contributed by atoms with van der Waals surface area (Å²) < 4.78 is 0. The van der Waals surface area contributed by atoms with Gasteiger partial charge in [0.25, 0.3) is 0 Å². The Bertz CT molecular complexity index is 673. The molecule has 0 atom stereocenters. The summed E-state index contributed by atoms with van der Waals surface area (Å²) in [5.41, 5.74) is 0.866. The molecule has 0 spiro atoms. The summed E-state index contributed by atoms with van der Waals surface area (Å²) in [6.45, 7) is 0. The number of carboxylic acid groups (broad SMARTS) is 1. The lowest BCUT2D eigenvalue weighted by atomic mass is 10.1. The smallest absolute Gasteiger partial charge is 0.354 e. The number of aromatic nitrogens is 1. The average molecular weight is 337 g/mol. The zero-order valence-electron chi connectivity index (χ0n) is 9.12. The third-order valence-corrected chi connectivity index (χ3v) is 3.97. The summed E-state index contributed by atoms with van der Waals surface area (Å²) in [5, 5.41) is 9.61. The first-order valence-electron chi connectivity index (χ1n) is 4.95. The molecule has 3 nitrogen and oxygen atoms in total. The third kappa shape index (κ3) is 2.79. The van der Waals surface area contributed by atoms with E-state index >= 15 is 0 Å². The first-order valence-corrected chi connectivity index (χ1v) is 6.46. The van der Waals surface area contributed by atoms with Crippen LogP contribution in [0.5, 0.6) is 0 Å². The maximum Gasteiger partial charge on any atom is 0.354 e. The van der Waals surface area contributed by atoms with Crippen molar-refractivity contribution in [2.75, 3.05) is 0 Å². The van der Waals surface area contributed by atoms with E-state index in [1.807, 2.05) is 0 Å². The maximum absolute atomic E-state index is 10.8. The molecule has 0 unspecified atom stereocenters. The van der Waals surface area contributed by atoms with Gasteiger partial charge in [-0.25, -0.2) is 9.78 Å². The average Bonchev–Trinajstić information content (AvgIpc) is 2.37. The molecular formula is C12H5Cl4NO2. The van der Waals surface area contributed by atoms with Crippen molar-refractivity contribution in [3.05, 3.63) is 50.2 Å². The highest BCUT2D eigenvalue weighted by Crippen LogP contribution is 2.39. The highest BCUT2D eigenvalue weighted by Gasteiger charge is 2.15. The van der Waals surface area contributed by atoms with E-state index in [0.717, 1.165) is 0 Å². The summed E-state index contributed by atoms with van der Waals surface area (Å²) >= 11 is 23.8. The monoisotopic (exact) mass is 335 g/mol. The van der Waals surface area contributed by atoms with Gasteiger partial charge in [0.2, 0.25) is 0 Å². The predicted molar refractivity (Wildman–Crippen MR) is 76.7 cm³/mol. The molecule has 0 saturated carbocycles. The van der Waals surface area contributed by atoms with Crippen molar-refractivity contribution >= 4 is 52.4 Å². The Labute approximate surface area is 128 Å². The molecule has 0 aliphatic rings. The second kappa shape index (κ2) is 5.55. The van der Waals surface area contributed by atoms with Crippen LogP contribution in [0.25, 0.3) is 11.1 Å². The highest BCUT2D eigenvalue weighted by atomic mass is 35.5. The molecule has 1 aromatic carbocycles. The molecule has 1 heterocycles. The molecule has 0 amide bonds. The van der Waals surface area contributed by atoms with Crippen molar-refractivity contribution in [3.63, 3.8) is 0 Å². The highest BCUT2D eigenvalue weighted by molar-refractivity contribution is 6.49. The Morgan fingerprint density at radius 1 is 0.947 bits per heavy atom. The van der Waals surface area contributed by atoms with Gasteiger partial charge in [-0.1, -0.05) is 52.5 Å². The Balaban J connectivity index is 2.60. The van der Waals surface area contributed by atoms with E-state index < -0.39 is 5.97 Å². The first kappa shape index (κ1) is 14.4. The summed E-state index contributed by atoms with van der Waals surface area (Å²) in [6.07, 6.45) is 0. The maximum atomic E-state index is 10.8. The fourth-order valence-electron chi connectivity index (χ4n) is 1.49. The van der Waals surface area contributed by atoms with Crippen LogP contribution in [0.2, 0.25) is 20.2 Å². The number of pyridine rings is 1. The molecule has 0 radical (unpaired) electrons. The van der Waals surface area contributed by atoms with Crippen LogP contribution in [0.3, 0.4) is 0 Å². The van der Waals surface area contributed by atoms with Crippen molar-refractivity contribution < 1.29 is 9.90 Å². The molecular weight excluding hydrogens is 332 g/mol. The fraction of sp³-hybridized carbons (Fsp3) is 0. The number of nitrogens with zero attached hydrogens (tertiary/aromatic N) is 1. The van der Waals surface area contributed by atoms with Gasteiger partial charge in [0.1, 0.15) is 10.8 Å². The van der Waals surface area contributed by atoms with Crippen molar-refractivity contribution in [2.45, 2.75) is 0 Å². The summed E-state index contributed by atoms with van der Waals surface area (Å²) in [7, 11) is 0. The molecule has 98 valence electrons. The molecule has 19 heavy (non-hydrogen) atoms. The molecule has 0 aliphatic heterocycles. The van der Waals surface area contributed by atoms with Gasteiger partial charge in [0, 0.05) is 11.1 Å². The van der Waals surface area contributed by atoms with Crippen molar-refractivity contribution in [1.29, 1.82) is 0 Å². The van der Waals surface area contributed by atoms with Gasteiger partial charge in [-0.15, -0.1) is 0 Å². The second-order valence-corrected chi connectivity index (χ2v) is 5.08. The number of carboxylic acids is 1. The lowest BCUT2D eigenvalue weighted by Gasteiger charge is -2.09. The molecule has 1 N–H and O–H groups in total. The van der Waals surface area contributed by atoms with Crippen LogP contribution in [0.15, 0.2) is 24.3 Å². The van der Waals surface area contributed by atoms with E-state index in [4.69, 9.17) is 51.5 Å². The minimum atomic E-state index is -1.16. The Hall–Kier alpha value is -1.000. The van der Waals surface area contributed by atoms with Crippen LogP contribution in [0.1, 0.15) is 10.5 Å². The van der Waals surface area contributed by atoms with Gasteiger partial charge in [0.05, 0.1) is 15.1 Å². The Morgan fingerprint density at radius 3 is 2.16 bits per heavy atom. The van der Waals surface area contributed by atoms with Crippen LogP contribution in [-0.4, -0.2) is 16.1 Å². The molecule has 0 aliphatic carbocycles. The van der Waals surface area contributed by atoms with E-state index in [1.165, 1.54) is 12.1 Å². The van der Waals surface area contributed by atoms with E-state index in [9.17, 15) is 4.79 Å². The normalized spacial score (nSPS) is 10.5. The van der Waals surface area contributed by atoms with Crippen LogP contribution < -0.4 is 0 Å².